The number of hydrogen-bond donors (Lipinski definition) is 2. The minimum absolute atomic E-state index is 0.104. The van der Waals surface area contributed by atoms with Crippen molar-refractivity contribution in [3.63, 3.8) is 0 Å². The number of hydrogen-bond acceptors (Lipinski definition) is 5. The summed E-state index contributed by atoms with van der Waals surface area (Å²) < 4.78 is 7.19. The minimum atomic E-state index is 0.104. The number of carbonyl (C=O) groups excluding carboxylic acids is 1. The summed E-state index contributed by atoms with van der Waals surface area (Å²) in [5.74, 6) is 0.301. The third-order valence-corrected chi connectivity index (χ3v) is 4.93. The quantitative estimate of drug-likeness (QED) is 0.814. The van der Waals surface area contributed by atoms with E-state index in [1.165, 1.54) is 0 Å². The highest BCUT2D eigenvalue weighted by molar-refractivity contribution is 5.93. The Bertz CT molecular complexity index is 553. The van der Waals surface area contributed by atoms with Gasteiger partial charge in [-0.15, -0.1) is 0 Å². The van der Waals surface area contributed by atoms with Crippen LogP contribution in [0.1, 0.15) is 25.3 Å². The largest absolute Gasteiger partial charge is 0.395 e. The Balaban J connectivity index is 1.41. The zero-order valence-electron chi connectivity index (χ0n) is 12.5. The second-order valence-electron chi connectivity index (χ2n) is 6.59. The Labute approximate surface area is 129 Å². The van der Waals surface area contributed by atoms with Gasteiger partial charge in [-0.25, -0.2) is 0 Å². The van der Waals surface area contributed by atoms with Crippen LogP contribution < -0.4 is 5.32 Å². The van der Waals surface area contributed by atoms with E-state index in [0.717, 1.165) is 44.7 Å². The van der Waals surface area contributed by atoms with E-state index in [2.05, 4.69) is 15.3 Å². The first-order chi connectivity index (χ1) is 10.7. The average molecular weight is 306 g/mol. The summed E-state index contributed by atoms with van der Waals surface area (Å²) in [5.41, 5.74) is 0.767. The fourth-order valence-corrected chi connectivity index (χ4v) is 3.34. The lowest BCUT2D eigenvalue weighted by Crippen LogP contribution is -2.52. The molecule has 120 valence electrons. The molecule has 3 fully saturated rings. The predicted molar refractivity (Wildman–Crippen MR) is 79.4 cm³/mol. The van der Waals surface area contributed by atoms with Crippen molar-refractivity contribution in [2.75, 3.05) is 31.7 Å². The van der Waals surface area contributed by atoms with E-state index in [9.17, 15) is 9.90 Å². The van der Waals surface area contributed by atoms with Crippen molar-refractivity contribution in [3.05, 3.63) is 12.4 Å². The Morgan fingerprint density at radius 3 is 2.86 bits per heavy atom. The number of ether oxygens (including phenoxy) is 1. The summed E-state index contributed by atoms with van der Waals surface area (Å²) in [7, 11) is 0. The molecule has 0 aromatic carbocycles. The Kier molecular flexibility index (Phi) is 3.63. The van der Waals surface area contributed by atoms with Crippen LogP contribution in [0.15, 0.2) is 12.4 Å². The van der Waals surface area contributed by atoms with Crippen LogP contribution in [0.4, 0.5) is 5.69 Å². The molecule has 7 heteroatoms. The van der Waals surface area contributed by atoms with Gasteiger partial charge in [-0.3, -0.25) is 14.4 Å². The first-order valence-electron chi connectivity index (χ1n) is 8.04. The van der Waals surface area contributed by atoms with E-state index < -0.39 is 0 Å². The van der Waals surface area contributed by atoms with Crippen molar-refractivity contribution in [2.45, 2.75) is 37.4 Å². The molecule has 3 aliphatic rings. The van der Waals surface area contributed by atoms with Gasteiger partial charge in [0.1, 0.15) is 0 Å². The second kappa shape index (κ2) is 5.64. The van der Waals surface area contributed by atoms with Crippen molar-refractivity contribution in [1.82, 2.24) is 14.7 Å². The monoisotopic (exact) mass is 306 g/mol. The lowest BCUT2D eigenvalue weighted by atomic mass is 10.1. The molecule has 2 aliphatic heterocycles. The number of nitrogens with zero attached hydrogens (tertiary/aromatic N) is 3. The number of aromatic nitrogens is 2. The Hall–Kier alpha value is -1.44. The Morgan fingerprint density at radius 1 is 1.41 bits per heavy atom. The molecule has 2 saturated heterocycles. The number of likely N-dealkylation sites (tertiary alicyclic amines) is 1. The van der Waals surface area contributed by atoms with E-state index >= 15 is 0 Å². The maximum absolute atomic E-state index is 11.8. The van der Waals surface area contributed by atoms with Crippen LogP contribution in [-0.4, -0.2) is 64.1 Å². The molecule has 2 atom stereocenters. The number of nitrogens with one attached hydrogen (secondary N) is 1. The molecule has 1 amide bonds. The Morgan fingerprint density at radius 2 is 2.23 bits per heavy atom. The van der Waals surface area contributed by atoms with Gasteiger partial charge >= 0.3 is 0 Å². The van der Waals surface area contributed by atoms with Crippen molar-refractivity contribution >= 4 is 11.6 Å². The molecule has 1 saturated carbocycles. The maximum Gasteiger partial charge on any atom is 0.227 e. The maximum atomic E-state index is 11.8. The van der Waals surface area contributed by atoms with Crippen molar-refractivity contribution in [2.24, 2.45) is 5.92 Å². The number of carbonyl (C=O) groups is 1. The van der Waals surface area contributed by atoms with Gasteiger partial charge in [0.25, 0.3) is 0 Å². The lowest BCUT2D eigenvalue weighted by molar-refractivity contribution is -0.117. The summed E-state index contributed by atoms with van der Waals surface area (Å²) in [6.07, 6.45) is 6.49. The third-order valence-electron chi connectivity index (χ3n) is 4.93. The van der Waals surface area contributed by atoms with Gasteiger partial charge in [-0.2, -0.15) is 5.10 Å². The average Bonchev–Trinajstić information content (AvgIpc) is 3.08. The van der Waals surface area contributed by atoms with Crippen LogP contribution in [0, 0.1) is 5.92 Å². The van der Waals surface area contributed by atoms with Crippen molar-refractivity contribution in [1.29, 1.82) is 0 Å². The minimum Gasteiger partial charge on any atom is -0.395 e. The fourth-order valence-electron chi connectivity index (χ4n) is 3.34. The zero-order valence-corrected chi connectivity index (χ0v) is 12.5. The topological polar surface area (TPSA) is 79.6 Å². The van der Waals surface area contributed by atoms with Gasteiger partial charge in [-0.05, 0) is 19.3 Å². The van der Waals surface area contributed by atoms with Gasteiger partial charge < -0.3 is 15.2 Å². The molecule has 3 heterocycles. The van der Waals surface area contributed by atoms with E-state index in [0.29, 0.717) is 6.04 Å². The van der Waals surface area contributed by atoms with Crippen molar-refractivity contribution < 1.29 is 14.6 Å². The lowest BCUT2D eigenvalue weighted by Gasteiger charge is -2.37. The second-order valence-corrected chi connectivity index (χ2v) is 6.59. The number of aliphatic hydroxyl groups is 1. The first kappa shape index (κ1) is 14.2. The molecule has 0 unspecified atom stereocenters. The number of amides is 1. The molecule has 2 N–H and O–H groups in total. The molecule has 1 aliphatic carbocycles. The molecule has 7 nitrogen and oxygen atoms in total. The van der Waals surface area contributed by atoms with Gasteiger partial charge in [0, 0.05) is 24.7 Å². The van der Waals surface area contributed by atoms with Gasteiger partial charge in [0.05, 0.1) is 43.8 Å². The standard InChI is InChI=1S/C15H22N4O3/c20-7-13-3-12(6-18(13)14-8-22-9-14)19-5-11(4-16-19)17-15(21)10-1-2-10/h4-5,10,12-14,20H,1-3,6-9H2,(H,17,21)/t12-,13-/m0/s1. The van der Waals surface area contributed by atoms with Gasteiger partial charge in [0.15, 0.2) is 0 Å². The highest BCUT2D eigenvalue weighted by atomic mass is 16.5. The fraction of sp³-hybridized carbons (Fsp3) is 0.733. The zero-order chi connectivity index (χ0) is 15.1. The van der Waals surface area contributed by atoms with E-state index in [-0.39, 0.29) is 30.5 Å². The van der Waals surface area contributed by atoms with Crippen LogP contribution in [0.25, 0.3) is 0 Å². The number of anilines is 1. The molecule has 0 bridgehead atoms. The van der Waals surface area contributed by atoms with Crippen LogP contribution in [0.2, 0.25) is 0 Å². The number of aliphatic hydroxyl groups excluding tert-OH is 1. The van der Waals surface area contributed by atoms with Crippen molar-refractivity contribution in [3.8, 4) is 0 Å². The van der Waals surface area contributed by atoms with Crippen LogP contribution in [-0.2, 0) is 9.53 Å². The summed E-state index contributed by atoms with van der Waals surface area (Å²) in [5, 5.41) is 16.9. The normalized spacial score (nSPS) is 29.5. The van der Waals surface area contributed by atoms with Crippen LogP contribution in [0.3, 0.4) is 0 Å². The first-order valence-corrected chi connectivity index (χ1v) is 8.04. The molecular weight excluding hydrogens is 284 g/mol. The predicted octanol–water partition coefficient (Wildman–Crippen LogP) is 0.238. The van der Waals surface area contributed by atoms with Crippen LogP contribution >= 0.6 is 0 Å². The van der Waals surface area contributed by atoms with Crippen LogP contribution in [0.5, 0.6) is 0 Å². The molecule has 4 rings (SSSR count). The molecule has 22 heavy (non-hydrogen) atoms. The summed E-state index contributed by atoms with van der Waals surface area (Å²) in [6, 6.07) is 0.837. The highest BCUT2D eigenvalue weighted by Gasteiger charge is 2.39. The van der Waals surface area contributed by atoms with E-state index in [1.807, 2.05) is 10.9 Å². The molecule has 1 aromatic heterocycles. The molecule has 0 radical (unpaired) electrons. The summed E-state index contributed by atoms with van der Waals surface area (Å²) in [6.45, 7) is 2.55. The molecule has 0 spiro atoms. The number of rotatable bonds is 5. The molecule has 1 aromatic rings. The summed E-state index contributed by atoms with van der Waals surface area (Å²) >= 11 is 0. The van der Waals surface area contributed by atoms with Gasteiger partial charge in [-0.1, -0.05) is 0 Å². The smallest absolute Gasteiger partial charge is 0.227 e. The SMILES string of the molecule is O=C(Nc1cnn([C@H]2C[C@@H](CO)N(C3COC3)C2)c1)C1CC1. The highest BCUT2D eigenvalue weighted by Crippen LogP contribution is 2.32. The van der Waals surface area contributed by atoms with Gasteiger partial charge in [0.2, 0.25) is 5.91 Å². The third kappa shape index (κ3) is 2.64. The van der Waals surface area contributed by atoms with E-state index in [1.54, 1.807) is 6.20 Å². The molecular formula is C15H22N4O3. The van der Waals surface area contributed by atoms with E-state index in [4.69, 9.17) is 4.74 Å². The summed E-state index contributed by atoms with van der Waals surface area (Å²) in [4.78, 5) is 14.1.